The quantitative estimate of drug-likeness (QED) is 0.00754. The number of rotatable bonds is 19. The van der Waals surface area contributed by atoms with Crippen molar-refractivity contribution in [3.63, 3.8) is 0 Å². The van der Waals surface area contributed by atoms with Gasteiger partial charge in [-0.3, -0.25) is 10.2 Å². The Morgan fingerprint density at radius 1 is 0.660 bits per heavy atom. The van der Waals surface area contributed by atoms with Gasteiger partial charge in [-0.2, -0.15) is 15.5 Å². The molecule has 0 bridgehead atoms. The Morgan fingerprint density at radius 2 is 1.09 bits per heavy atom. The molecular formula is C68H78B4IN11O10. The molecule has 1 aromatic heterocycles. The Balaban J connectivity index is 0.000000198. The normalized spacial score (nSPS) is 16.1. The average Bonchev–Trinajstić information content (AvgIpc) is 0.823. The van der Waals surface area contributed by atoms with Gasteiger partial charge >= 0.3 is 0 Å². The highest BCUT2D eigenvalue weighted by molar-refractivity contribution is 14.0. The lowest BCUT2D eigenvalue weighted by molar-refractivity contribution is 0.112. The number of nitrogens with zero attached hydrogens (tertiary/aromatic N) is 4. The Bertz CT molecular complexity index is 3720. The number of methoxy groups -OCH3 is 6. The number of anilines is 4. The number of fused-ring (bicyclic) bond motifs is 3. The van der Waals surface area contributed by atoms with Crippen LogP contribution >= 0.6 is 24.0 Å². The Morgan fingerprint density at radius 3 is 1.50 bits per heavy atom. The molecule has 484 valence electrons. The van der Waals surface area contributed by atoms with Gasteiger partial charge < -0.3 is 76.2 Å². The van der Waals surface area contributed by atoms with Crippen molar-refractivity contribution in [2.24, 2.45) is 29.2 Å². The molecule has 4 heterocycles. The van der Waals surface area contributed by atoms with Gasteiger partial charge in [0.1, 0.15) is 24.1 Å². The molecule has 0 amide bonds. The third-order valence-electron chi connectivity index (χ3n) is 15.1. The maximum absolute atomic E-state index is 11.2. The molecule has 6 radical (unpaired) electrons. The summed E-state index contributed by atoms with van der Waals surface area (Å²) in [5.74, 6) is 7.51. The number of nitrogen functional groups attached to an aromatic ring is 2. The van der Waals surface area contributed by atoms with Crippen molar-refractivity contribution in [2.45, 2.75) is 76.1 Å². The van der Waals surface area contributed by atoms with Gasteiger partial charge in [0.05, 0.1) is 61.2 Å². The lowest BCUT2D eigenvalue weighted by atomic mass is 9.08. The second-order valence-electron chi connectivity index (χ2n) is 21.9. The molecule has 0 spiro atoms. The van der Waals surface area contributed by atoms with Crippen molar-refractivity contribution >= 4 is 107 Å². The summed E-state index contributed by atoms with van der Waals surface area (Å²) in [7, 11) is 23.6. The predicted molar refractivity (Wildman–Crippen MR) is 383 cm³/mol. The van der Waals surface area contributed by atoms with Gasteiger partial charge in [0.15, 0.2) is 46.7 Å². The minimum absolute atomic E-state index is 0. The van der Waals surface area contributed by atoms with E-state index >= 15 is 0 Å². The van der Waals surface area contributed by atoms with Crippen LogP contribution < -0.4 is 76.2 Å². The van der Waals surface area contributed by atoms with Crippen molar-refractivity contribution in [3.05, 3.63) is 154 Å². The Kier molecular flexibility index (Phi) is 28.6. The highest BCUT2D eigenvalue weighted by Crippen LogP contribution is 2.51. The summed E-state index contributed by atoms with van der Waals surface area (Å²) >= 11 is 0. The highest BCUT2D eigenvalue weighted by atomic mass is 127. The SMILES string of the molecule is COc1cc(C=O)c2c(c1OC)OC(C1CC1)C=C2.COc1cc(CC(C#N)=CNc2ccccc2)c2c(c1OC)OC(C1CC1)C=C2.COc1cc(Cc2cnc(N)nc2N)c2c(c1OC)OC(C1CC1)C=C2.I.N#CCCNc1ccccc1.N=C(N)N.[B]B([B])[B]. The third kappa shape index (κ3) is 21.0. The number of allylic oxidation sites excluding steroid dienone is 1. The van der Waals surface area contributed by atoms with Crippen molar-refractivity contribution in [3.8, 4) is 63.9 Å². The first-order valence-electron chi connectivity index (χ1n) is 30.2. The van der Waals surface area contributed by atoms with E-state index in [1.807, 2.05) is 84.9 Å². The van der Waals surface area contributed by atoms with E-state index in [2.05, 4.69) is 91.7 Å². The fraction of sp³-hybridized carbons (Fsp3) is 0.324. The van der Waals surface area contributed by atoms with E-state index < -0.39 is 6.39 Å². The molecule has 0 saturated heterocycles. The number of carbonyl (C=O) groups excluding carboxylic acids is 1. The topological polar surface area (TPSA) is 325 Å². The van der Waals surface area contributed by atoms with E-state index in [1.54, 1.807) is 61.1 Å². The zero-order valence-electron chi connectivity index (χ0n) is 53.6. The van der Waals surface area contributed by atoms with Crippen molar-refractivity contribution in [2.75, 3.05) is 71.3 Å². The summed E-state index contributed by atoms with van der Waals surface area (Å²) in [4.78, 5) is 19.3. The minimum atomic E-state index is -0.667. The molecule has 6 aromatic rings. The molecule has 3 aliphatic carbocycles. The predicted octanol–water partition coefficient (Wildman–Crippen LogP) is 10.0. The molecule has 5 aromatic carbocycles. The summed E-state index contributed by atoms with van der Waals surface area (Å²) in [6, 6.07) is 29.6. The van der Waals surface area contributed by atoms with Crippen LogP contribution in [0, 0.1) is 45.8 Å². The molecular weight excluding hydrogens is 1300 g/mol. The van der Waals surface area contributed by atoms with E-state index in [-0.39, 0.29) is 54.2 Å². The van der Waals surface area contributed by atoms with Gasteiger partial charge in [0, 0.05) is 106 Å². The number of para-hydroxylation sites is 2. The van der Waals surface area contributed by atoms with Crippen LogP contribution in [0.5, 0.6) is 51.7 Å². The number of nitriles is 2. The van der Waals surface area contributed by atoms with E-state index in [0.717, 1.165) is 63.3 Å². The van der Waals surface area contributed by atoms with E-state index in [4.69, 9.17) is 64.8 Å². The molecule has 94 heavy (non-hydrogen) atoms. The van der Waals surface area contributed by atoms with Crippen LogP contribution in [0.15, 0.2) is 115 Å². The first-order valence-corrected chi connectivity index (χ1v) is 30.2. The lowest BCUT2D eigenvalue weighted by Gasteiger charge is -2.26. The molecule has 21 nitrogen and oxygen atoms in total. The zero-order chi connectivity index (χ0) is 67.0. The Labute approximate surface area is 571 Å². The fourth-order valence-electron chi connectivity index (χ4n) is 10.1. The van der Waals surface area contributed by atoms with Crippen molar-refractivity contribution in [1.82, 2.24) is 9.97 Å². The number of nitrogens with one attached hydrogen (secondary N) is 3. The zero-order valence-corrected chi connectivity index (χ0v) is 56.0. The van der Waals surface area contributed by atoms with Gasteiger partial charge in [0.25, 0.3) is 0 Å². The highest BCUT2D eigenvalue weighted by Gasteiger charge is 2.38. The molecule has 12 rings (SSSR count). The monoisotopic (exact) mass is 1380 g/mol. The molecule has 3 aliphatic heterocycles. The summed E-state index contributed by atoms with van der Waals surface area (Å²) in [5.41, 5.74) is 29.2. The largest absolute Gasteiger partial charge is 0.493 e. The van der Waals surface area contributed by atoms with E-state index in [0.29, 0.717) is 100.0 Å². The average molecular weight is 1380 g/mol. The summed E-state index contributed by atoms with van der Waals surface area (Å²) in [5, 5.41) is 30.3. The molecule has 3 fully saturated rings. The van der Waals surface area contributed by atoms with Crippen LogP contribution in [-0.2, 0) is 12.8 Å². The van der Waals surface area contributed by atoms with Crippen LogP contribution in [0.3, 0.4) is 0 Å². The van der Waals surface area contributed by atoms with Gasteiger partial charge in [0.2, 0.25) is 23.2 Å². The van der Waals surface area contributed by atoms with Crippen LogP contribution in [0.2, 0.25) is 0 Å². The Hall–Kier alpha value is -9.55. The third-order valence-corrected chi connectivity index (χ3v) is 15.1. The summed E-state index contributed by atoms with van der Waals surface area (Å²) < 4.78 is 51.5. The lowest BCUT2D eigenvalue weighted by Crippen LogP contribution is -2.20. The molecule has 26 heteroatoms. The van der Waals surface area contributed by atoms with Crippen molar-refractivity contribution in [1.29, 1.82) is 15.9 Å². The number of carbonyl (C=O) groups is 1. The molecule has 3 atom stereocenters. The van der Waals surface area contributed by atoms with Crippen LogP contribution in [0.25, 0.3) is 18.2 Å². The second-order valence-corrected chi connectivity index (χ2v) is 21.9. The first kappa shape index (κ1) is 73.5. The maximum Gasteiger partial charge on any atom is 0.221 e. The fourth-order valence-corrected chi connectivity index (χ4v) is 10.1. The van der Waals surface area contributed by atoms with E-state index in [1.165, 1.54) is 38.5 Å². The van der Waals surface area contributed by atoms with Gasteiger partial charge in [-0.1, -0.05) is 54.6 Å². The standard InChI is InChI=1S/C24H24N2O3.C19H22N4O3.C15H16O4.C9H10N2.CH5N3.B4.HI/c1-27-22-13-18(12-16(14-25)15-26-19-6-4-3-5-7-19)20-10-11-21(17-8-9-17)29-23(20)24(22)28-2;1-24-15-8-11(7-12-9-22-19(21)23-18(12)20)13-5-6-14(10-3-4-10)26-16(13)17(15)25-2;1-17-13-7-10(8-16)11-5-6-12(9-3-4-9)19-14(11)15(13)18-2;10-7-4-8-11-9-5-2-1-3-6-9;2-1(3)4;1-4(2)3;/h3-7,10-11,13,15,17,21,26H,8-9,12H2,1-2H3;5-6,8-10,14H,3-4,7H2,1-2H3,(H4,20,21,22,23);5-9,12H,3-4H2,1-2H3;1-3,5-6,11H,4,8H2;(H5,2,3,4);;1H. The number of hydrogen-bond acceptors (Lipinski definition) is 19. The maximum atomic E-state index is 11.2. The minimum Gasteiger partial charge on any atom is -0.493 e. The molecule has 6 aliphatic rings. The van der Waals surface area contributed by atoms with Gasteiger partial charge in [-0.25, -0.2) is 4.98 Å². The number of nitrogens with two attached hydrogens (primary N) is 4. The van der Waals surface area contributed by atoms with Gasteiger partial charge in [-0.15, -0.1) is 24.0 Å². The number of aromatic nitrogens is 2. The number of benzene rings is 5. The number of hydrogen-bond donors (Lipinski definition) is 7. The first-order chi connectivity index (χ1) is 45.0. The van der Waals surface area contributed by atoms with E-state index in [9.17, 15) is 10.1 Å². The van der Waals surface area contributed by atoms with Crippen molar-refractivity contribution < 1.29 is 47.4 Å². The second kappa shape index (κ2) is 36.6. The number of ether oxygens (including phenoxy) is 9. The van der Waals surface area contributed by atoms with Crippen LogP contribution in [0.4, 0.5) is 23.1 Å². The van der Waals surface area contributed by atoms with Gasteiger partial charge in [-0.05, 0) is 128 Å². The molecule has 3 saturated carbocycles. The molecule has 3 unspecified atom stereocenters. The number of aldehydes is 1. The summed E-state index contributed by atoms with van der Waals surface area (Å²) in [6.45, 7) is 0.723. The number of guanidine groups is 1. The number of halogens is 1. The molecule has 11 N–H and O–H groups in total. The summed E-state index contributed by atoms with van der Waals surface area (Å²) in [6.07, 6.45) is 24.9. The smallest absolute Gasteiger partial charge is 0.221 e. The van der Waals surface area contributed by atoms with Crippen LogP contribution in [-0.4, -0.2) is 119 Å². The van der Waals surface area contributed by atoms with Crippen LogP contribution in [0.1, 0.15) is 88.7 Å².